The molecule has 120 valence electrons. The summed E-state index contributed by atoms with van der Waals surface area (Å²) >= 11 is 0. The quantitative estimate of drug-likeness (QED) is 0.865. The highest BCUT2D eigenvalue weighted by atomic mass is 16.7. The molecule has 0 saturated carbocycles. The number of benzene rings is 1. The van der Waals surface area contributed by atoms with Gasteiger partial charge in [0.25, 0.3) is 0 Å². The maximum absolute atomic E-state index is 11.9. The van der Waals surface area contributed by atoms with Crippen LogP contribution < -0.4 is 9.96 Å². The lowest BCUT2D eigenvalue weighted by Gasteiger charge is -2.28. The lowest BCUT2D eigenvalue weighted by atomic mass is 10.2. The van der Waals surface area contributed by atoms with E-state index in [0.717, 1.165) is 5.69 Å². The molecule has 0 unspecified atom stereocenters. The molecular formula is C16H22N2O4. The van der Waals surface area contributed by atoms with Crippen LogP contribution in [0.1, 0.15) is 33.6 Å². The highest BCUT2D eigenvalue weighted by Crippen LogP contribution is 2.29. The number of carboxylic acids is 1. The normalized spacial score (nSPS) is 18.6. The summed E-state index contributed by atoms with van der Waals surface area (Å²) in [7, 11) is 1.81. The SMILES string of the molecule is CN(OC(C)(C)C)c1ccc(N2C(=O)CC[C@H]2C(=O)O)cc1. The molecule has 1 aliphatic heterocycles. The topological polar surface area (TPSA) is 70.1 Å². The van der Waals surface area contributed by atoms with E-state index in [4.69, 9.17) is 4.84 Å². The molecule has 1 amide bonds. The van der Waals surface area contributed by atoms with Crippen LogP contribution in [-0.2, 0) is 14.4 Å². The molecule has 0 spiro atoms. The minimum absolute atomic E-state index is 0.153. The Morgan fingerprint density at radius 3 is 2.41 bits per heavy atom. The van der Waals surface area contributed by atoms with Gasteiger partial charge in [-0.1, -0.05) is 0 Å². The molecule has 1 N–H and O–H groups in total. The van der Waals surface area contributed by atoms with Crippen LogP contribution in [-0.4, -0.2) is 35.7 Å². The molecule has 1 heterocycles. The van der Waals surface area contributed by atoms with Crippen LogP contribution in [0.15, 0.2) is 24.3 Å². The van der Waals surface area contributed by atoms with Crippen LogP contribution in [0.3, 0.4) is 0 Å². The van der Waals surface area contributed by atoms with Crippen molar-refractivity contribution in [3.63, 3.8) is 0 Å². The van der Waals surface area contributed by atoms with Gasteiger partial charge in [-0.15, -0.1) is 0 Å². The van der Waals surface area contributed by atoms with Gasteiger partial charge in [0.15, 0.2) is 0 Å². The third-order valence-corrected chi connectivity index (χ3v) is 3.40. The van der Waals surface area contributed by atoms with Crippen LogP contribution >= 0.6 is 0 Å². The van der Waals surface area contributed by atoms with E-state index in [1.807, 2.05) is 32.9 Å². The Labute approximate surface area is 130 Å². The summed E-state index contributed by atoms with van der Waals surface area (Å²) in [5, 5.41) is 10.9. The Morgan fingerprint density at radius 1 is 1.32 bits per heavy atom. The van der Waals surface area contributed by atoms with Crippen molar-refractivity contribution in [1.29, 1.82) is 0 Å². The monoisotopic (exact) mass is 306 g/mol. The molecule has 0 aliphatic carbocycles. The molecule has 1 aromatic carbocycles. The Hall–Kier alpha value is -2.08. The first-order valence-corrected chi connectivity index (χ1v) is 7.27. The van der Waals surface area contributed by atoms with Crippen LogP contribution in [0.2, 0.25) is 0 Å². The highest BCUT2D eigenvalue weighted by molar-refractivity contribution is 6.02. The molecule has 1 fully saturated rings. The van der Waals surface area contributed by atoms with E-state index in [2.05, 4.69) is 0 Å². The van der Waals surface area contributed by atoms with Crippen LogP contribution in [0.4, 0.5) is 11.4 Å². The van der Waals surface area contributed by atoms with Crippen molar-refractivity contribution < 1.29 is 19.5 Å². The first-order chi connectivity index (χ1) is 10.2. The fourth-order valence-corrected chi connectivity index (χ4v) is 2.53. The van der Waals surface area contributed by atoms with E-state index in [1.54, 1.807) is 24.2 Å². The van der Waals surface area contributed by atoms with E-state index >= 15 is 0 Å². The third kappa shape index (κ3) is 3.57. The summed E-state index contributed by atoms with van der Waals surface area (Å²) in [6.07, 6.45) is 0.620. The van der Waals surface area contributed by atoms with E-state index in [1.165, 1.54) is 4.90 Å². The number of carbonyl (C=O) groups is 2. The number of carbonyl (C=O) groups excluding carboxylic acids is 1. The summed E-state index contributed by atoms with van der Waals surface area (Å²) in [6.45, 7) is 5.87. The van der Waals surface area contributed by atoms with Gasteiger partial charge in [0, 0.05) is 19.2 Å². The fourth-order valence-electron chi connectivity index (χ4n) is 2.53. The number of hydrogen-bond acceptors (Lipinski definition) is 4. The summed E-state index contributed by atoms with van der Waals surface area (Å²) < 4.78 is 0. The second kappa shape index (κ2) is 5.96. The Bertz CT molecular complexity index is 563. The van der Waals surface area contributed by atoms with E-state index in [9.17, 15) is 14.7 Å². The van der Waals surface area contributed by atoms with Gasteiger partial charge < -0.3 is 5.11 Å². The number of carboxylic acid groups (broad SMARTS) is 1. The van der Waals surface area contributed by atoms with Gasteiger partial charge in [-0.2, -0.15) is 0 Å². The number of rotatable bonds is 4. The zero-order chi connectivity index (χ0) is 16.5. The maximum Gasteiger partial charge on any atom is 0.326 e. The first kappa shape index (κ1) is 16.3. The Morgan fingerprint density at radius 2 is 1.91 bits per heavy atom. The zero-order valence-electron chi connectivity index (χ0n) is 13.4. The summed E-state index contributed by atoms with van der Waals surface area (Å²) in [5.74, 6) is -1.12. The van der Waals surface area contributed by atoms with Gasteiger partial charge in [0.1, 0.15) is 6.04 Å². The zero-order valence-corrected chi connectivity index (χ0v) is 13.4. The van der Waals surface area contributed by atoms with Crippen molar-refractivity contribution >= 4 is 23.3 Å². The first-order valence-electron chi connectivity index (χ1n) is 7.27. The van der Waals surface area contributed by atoms with Gasteiger partial charge in [-0.25, -0.2) is 4.79 Å². The van der Waals surface area contributed by atoms with Crippen molar-refractivity contribution in [3.8, 4) is 0 Å². The third-order valence-electron chi connectivity index (χ3n) is 3.40. The number of anilines is 2. The molecule has 1 aliphatic rings. The van der Waals surface area contributed by atoms with E-state index in [-0.39, 0.29) is 17.9 Å². The molecule has 6 heteroatoms. The van der Waals surface area contributed by atoms with Crippen LogP contribution in [0.25, 0.3) is 0 Å². The number of aliphatic carboxylic acids is 1. The van der Waals surface area contributed by atoms with Gasteiger partial charge in [-0.3, -0.25) is 19.6 Å². The van der Waals surface area contributed by atoms with Gasteiger partial charge in [0.05, 0.1) is 11.3 Å². The van der Waals surface area contributed by atoms with E-state index < -0.39 is 12.0 Å². The minimum Gasteiger partial charge on any atom is -0.480 e. The van der Waals surface area contributed by atoms with Gasteiger partial charge >= 0.3 is 5.97 Å². The predicted octanol–water partition coefficient (Wildman–Crippen LogP) is 2.43. The molecule has 6 nitrogen and oxygen atoms in total. The largest absolute Gasteiger partial charge is 0.480 e. The lowest BCUT2D eigenvalue weighted by Crippen LogP contribution is -2.38. The molecule has 1 saturated heterocycles. The predicted molar refractivity (Wildman–Crippen MR) is 83.8 cm³/mol. The van der Waals surface area contributed by atoms with Crippen molar-refractivity contribution in [2.75, 3.05) is 17.0 Å². The standard InChI is InChI=1S/C16H22N2O4/c1-16(2,3)22-17(4)11-5-7-12(8-6-11)18-13(15(20)21)9-10-14(18)19/h5-8,13H,9-10H2,1-4H3,(H,20,21)/t13-/m0/s1. The molecule has 0 bridgehead atoms. The number of hydrogen-bond donors (Lipinski definition) is 1. The molecule has 22 heavy (non-hydrogen) atoms. The molecule has 1 atom stereocenters. The Kier molecular flexibility index (Phi) is 4.42. The van der Waals surface area contributed by atoms with Crippen molar-refractivity contribution in [1.82, 2.24) is 0 Å². The highest BCUT2D eigenvalue weighted by Gasteiger charge is 2.37. The fraction of sp³-hybridized carbons (Fsp3) is 0.500. The second-order valence-corrected chi connectivity index (χ2v) is 6.37. The molecule has 0 radical (unpaired) electrons. The van der Waals surface area contributed by atoms with Gasteiger partial charge in [-0.05, 0) is 51.5 Å². The molecule has 0 aromatic heterocycles. The smallest absolute Gasteiger partial charge is 0.326 e. The lowest BCUT2D eigenvalue weighted by molar-refractivity contribution is -0.138. The molecule has 2 rings (SSSR count). The summed E-state index contributed by atoms with van der Waals surface area (Å²) in [5.41, 5.74) is 1.12. The average Bonchev–Trinajstić information content (AvgIpc) is 2.79. The Balaban J connectivity index is 2.18. The molecule has 1 aromatic rings. The van der Waals surface area contributed by atoms with Crippen molar-refractivity contribution in [3.05, 3.63) is 24.3 Å². The van der Waals surface area contributed by atoms with Crippen LogP contribution in [0.5, 0.6) is 0 Å². The minimum atomic E-state index is -0.969. The average molecular weight is 306 g/mol. The van der Waals surface area contributed by atoms with E-state index in [0.29, 0.717) is 12.1 Å². The molecular weight excluding hydrogens is 284 g/mol. The van der Waals surface area contributed by atoms with Gasteiger partial charge in [0.2, 0.25) is 5.91 Å². The van der Waals surface area contributed by atoms with Crippen molar-refractivity contribution in [2.45, 2.75) is 45.3 Å². The maximum atomic E-state index is 11.9. The summed E-state index contributed by atoms with van der Waals surface area (Å²) in [6, 6.07) is 6.34. The number of amides is 1. The van der Waals surface area contributed by atoms with Crippen LogP contribution in [0, 0.1) is 0 Å². The number of nitrogens with zero attached hydrogens (tertiary/aromatic N) is 2. The second-order valence-electron chi connectivity index (χ2n) is 6.37. The number of hydroxylamine groups is 1. The summed E-state index contributed by atoms with van der Waals surface area (Å²) in [4.78, 5) is 30.3. The van der Waals surface area contributed by atoms with Crippen molar-refractivity contribution in [2.24, 2.45) is 0 Å².